The molecule has 1 fully saturated rings. The normalized spacial score (nSPS) is 15.8. The van der Waals surface area contributed by atoms with Crippen molar-refractivity contribution in [3.63, 3.8) is 0 Å². The summed E-state index contributed by atoms with van der Waals surface area (Å²) in [5, 5.41) is 3.92. The van der Waals surface area contributed by atoms with Crippen LogP contribution in [0, 0.1) is 19.8 Å². The number of rotatable bonds is 7. The van der Waals surface area contributed by atoms with Gasteiger partial charge < -0.3 is 14.8 Å². The molecular formula is C21H37N5O2S. The molecule has 8 heteroatoms. The number of carbonyl (C=O) groups excluding carboxylic acids is 2. The second-order valence-corrected chi connectivity index (χ2v) is 10.3. The van der Waals surface area contributed by atoms with Gasteiger partial charge in [-0.2, -0.15) is 0 Å². The van der Waals surface area contributed by atoms with Crippen molar-refractivity contribution in [1.82, 2.24) is 24.7 Å². The van der Waals surface area contributed by atoms with Crippen molar-refractivity contribution >= 4 is 23.6 Å². The van der Waals surface area contributed by atoms with Crippen LogP contribution < -0.4 is 5.32 Å². The van der Waals surface area contributed by atoms with E-state index in [4.69, 9.17) is 0 Å². The van der Waals surface area contributed by atoms with Crippen LogP contribution in [-0.2, 0) is 16.1 Å². The molecule has 0 saturated carbocycles. The minimum atomic E-state index is -0.218. The third-order valence-corrected chi connectivity index (χ3v) is 5.86. The zero-order valence-electron chi connectivity index (χ0n) is 19.0. The summed E-state index contributed by atoms with van der Waals surface area (Å²) >= 11 is 1.53. The summed E-state index contributed by atoms with van der Waals surface area (Å²) in [5.74, 6) is 1.11. The largest absolute Gasteiger partial charge is 0.350 e. The molecule has 1 N–H and O–H groups in total. The number of piperazine rings is 1. The highest BCUT2D eigenvalue weighted by Crippen LogP contribution is 2.23. The third kappa shape index (κ3) is 7.33. The zero-order chi connectivity index (χ0) is 21.8. The number of imidazole rings is 1. The number of carbonyl (C=O) groups is 2. The van der Waals surface area contributed by atoms with Crippen LogP contribution in [0.2, 0.25) is 0 Å². The Bertz CT molecular complexity index is 715. The molecule has 2 heterocycles. The van der Waals surface area contributed by atoms with Crippen molar-refractivity contribution < 1.29 is 9.59 Å². The van der Waals surface area contributed by atoms with Crippen LogP contribution >= 0.6 is 11.8 Å². The molecule has 0 aromatic carbocycles. The number of aryl methyl sites for hydroxylation is 1. The van der Waals surface area contributed by atoms with Gasteiger partial charge in [0.05, 0.1) is 18.0 Å². The lowest BCUT2D eigenvalue weighted by Gasteiger charge is -2.34. The third-order valence-electron chi connectivity index (χ3n) is 4.90. The van der Waals surface area contributed by atoms with E-state index in [1.807, 2.05) is 32.6 Å². The minimum Gasteiger partial charge on any atom is -0.350 e. The van der Waals surface area contributed by atoms with Crippen molar-refractivity contribution in [3.05, 3.63) is 11.4 Å². The zero-order valence-corrected chi connectivity index (χ0v) is 19.9. The molecule has 0 aliphatic carbocycles. The van der Waals surface area contributed by atoms with Crippen molar-refractivity contribution in [3.8, 4) is 0 Å². The smallest absolute Gasteiger partial charge is 0.234 e. The second-order valence-electron chi connectivity index (χ2n) is 9.31. The van der Waals surface area contributed by atoms with Gasteiger partial charge >= 0.3 is 0 Å². The molecule has 0 atom stereocenters. The van der Waals surface area contributed by atoms with Crippen molar-refractivity contribution in [2.45, 2.75) is 65.7 Å². The Balaban J connectivity index is 1.82. The maximum atomic E-state index is 12.7. The number of hydrogen-bond donors (Lipinski definition) is 1. The van der Waals surface area contributed by atoms with E-state index in [0.29, 0.717) is 31.3 Å². The van der Waals surface area contributed by atoms with Gasteiger partial charge in [-0.1, -0.05) is 25.6 Å². The highest BCUT2D eigenvalue weighted by atomic mass is 32.2. The molecule has 164 valence electrons. The fourth-order valence-electron chi connectivity index (χ4n) is 3.35. The standard InChI is InChI=1S/C21H37N5O2S/c1-15(2)12-26-17(4)16(3)22-20(26)29-14-19(28)25-10-8-24(9-11-25)13-18(27)23-21(5,6)7/h15H,8-14H2,1-7H3,(H,23,27). The van der Waals surface area contributed by atoms with Crippen molar-refractivity contribution in [2.75, 3.05) is 38.5 Å². The van der Waals surface area contributed by atoms with Crippen molar-refractivity contribution in [1.29, 1.82) is 0 Å². The number of amides is 2. The predicted octanol–water partition coefficient (Wildman–Crippen LogP) is 2.31. The maximum Gasteiger partial charge on any atom is 0.234 e. The SMILES string of the molecule is Cc1nc(SCC(=O)N2CCN(CC(=O)NC(C)(C)C)CC2)n(CC(C)C)c1C. The summed E-state index contributed by atoms with van der Waals surface area (Å²) in [4.78, 5) is 33.4. The van der Waals surface area contributed by atoms with Gasteiger partial charge in [-0.25, -0.2) is 4.98 Å². The molecule has 0 radical (unpaired) electrons. The van der Waals surface area contributed by atoms with Gasteiger partial charge in [0.2, 0.25) is 11.8 Å². The number of hydrogen-bond acceptors (Lipinski definition) is 5. The quantitative estimate of drug-likeness (QED) is 0.682. The molecule has 29 heavy (non-hydrogen) atoms. The molecule has 1 aromatic rings. The second kappa shape index (κ2) is 9.98. The fourth-order valence-corrected chi connectivity index (χ4v) is 4.35. The van der Waals surface area contributed by atoms with Gasteiger partial charge in [0, 0.05) is 44.0 Å². The Morgan fingerprint density at radius 2 is 1.76 bits per heavy atom. The van der Waals surface area contributed by atoms with Crippen LogP contribution in [0.1, 0.15) is 46.0 Å². The molecular weight excluding hydrogens is 386 g/mol. The molecule has 0 spiro atoms. The molecule has 0 bridgehead atoms. The van der Waals surface area contributed by atoms with Crippen molar-refractivity contribution in [2.24, 2.45) is 5.92 Å². The number of thioether (sulfide) groups is 1. The summed E-state index contributed by atoms with van der Waals surface area (Å²) in [5.41, 5.74) is 1.99. The summed E-state index contributed by atoms with van der Waals surface area (Å²) in [7, 11) is 0. The summed E-state index contributed by atoms with van der Waals surface area (Å²) in [6.45, 7) is 18.5. The van der Waals surface area contributed by atoms with E-state index in [9.17, 15) is 9.59 Å². The lowest BCUT2D eigenvalue weighted by molar-refractivity contribution is -0.130. The molecule has 7 nitrogen and oxygen atoms in total. The number of nitrogens with one attached hydrogen (secondary N) is 1. The molecule has 1 aliphatic rings. The van der Waals surface area contributed by atoms with Crippen LogP contribution in [0.25, 0.3) is 0 Å². The first-order valence-electron chi connectivity index (χ1n) is 10.4. The van der Waals surface area contributed by atoms with Crippen LogP contribution in [0.4, 0.5) is 0 Å². The number of aromatic nitrogens is 2. The minimum absolute atomic E-state index is 0.0376. The Kier molecular flexibility index (Phi) is 8.17. The molecule has 1 aromatic heterocycles. The van der Waals surface area contributed by atoms with E-state index in [-0.39, 0.29) is 17.4 Å². The van der Waals surface area contributed by atoms with E-state index in [1.54, 1.807) is 0 Å². The van der Waals surface area contributed by atoms with Gasteiger partial charge in [0.1, 0.15) is 0 Å². The van der Waals surface area contributed by atoms with Gasteiger partial charge in [-0.15, -0.1) is 0 Å². The van der Waals surface area contributed by atoms with Crippen LogP contribution in [0.3, 0.4) is 0 Å². The van der Waals surface area contributed by atoms with Gasteiger partial charge in [-0.05, 0) is 40.5 Å². The first kappa shape index (κ1) is 23.7. The Hall–Kier alpha value is -1.54. The number of nitrogens with zero attached hydrogens (tertiary/aromatic N) is 4. The lowest BCUT2D eigenvalue weighted by Crippen LogP contribution is -2.53. The average Bonchev–Trinajstić information content (AvgIpc) is 2.86. The van der Waals surface area contributed by atoms with Gasteiger partial charge in [0.15, 0.2) is 5.16 Å². The average molecular weight is 424 g/mol. The molecule has 2 amide bonds. The predicted molar refractivity (Wildman–Crippen MR) is 118 cm³/mol. The summed E-state index contributed by atoms with van der Waals surface area (Å²) in [6.07, 6.45) is 0. The monoisotopic (exact) mass is 423 g/mol. The first-order chi connectivity index (χ1) is 13.5. The van der Waals surface area contributed by atoms with Gasteiger partial charge in [-0.3, -0.25) is 14.5 Å². The summed E-state index contributed by atoms with van der Waals surface area (Å²) < 4.78 is 2.23. The maximum absolute atomic E-state index is 12.7. The van der Waals surface area contributed by atoms with E-state index in [0.717, 1.165) is 30.5 Å². The van der Waals surface area contributed by atoms with Gasteiger partial charge in [0.25, 0.3) is 0 Å². The molecule has 2 rings (SSSR count). The van der Waals surface area contributed by atoms with Crippen LogP contribution in [0.15, 0.2) is 5.16 Å². The lowest BCUT2D eigenvalue weighted by atomic mass is 10.1. The Morgan fingerprint density at radius 3 is 2.31 bits per heavy atom. The topological polar surface area (TPSA) is 70.5 Å². The summed E-state index contributed by atoms with van der Waals surface area (Å²) in [6, 6.07) is 0. The highest BCUT2D eigenvalue weighted by Gasteiger charge is 2.24. The Labute approximate surface area is 179 Å². The molecule has 0 unspecified atom stereocenters. The van der Waals surface area contributed by atoms with E-state index < -0.39 is 0 Å². The van der Waals surface area contributed by atoms with Crippen LogP contribution in [0.5, 0.6) is 0 Å². The fraction of sp³-hybridized carbons (Fsp3) is 0.762. The van der Waals surface area contributed by atoms with E-state index >= 15 is 0 Å². The molecule has 1 saturated heterocycles. The molecule has 1 aliphatic heterocycles. The first-order valence-corrected chi connectivity index (χ1v) is 11.4. The van der Waals surface area contributed by atoms with E-state index in [2.05, 4.69) is 40.5 Å². The van der Waals surface area contributed by atoms with Crippen LogP contribution in [-0.4, -0.2) is 75.2 Å². The van der Waals surface area contributed by atoms with E-state index in [1.165, 1.54) is 17.5 Å². The Morgan fingerprint density at radius 1 is 1.14 bits per heavy atom. The highest BCUT2D eigenvalue weighted by molar-refractivity contribution is 7.99.